The summed E-state index contributed by atoms with van der Waals surface area (Å²) in [7, 11) is 0. The molecule has 3 N–H and O–H groups in total. The number of hydrogen-bond donors (Lipinski definition) is 3. The van der Waals surface area contributed by atoms with Gasteiger partial charge in [-0.3, -0.25) is 9.79 Å². The van der Waals surface area contributed by atoms with Crippen molar-refractivity contribution in [2.45, 2.75) is 32.6 Å². The molecule has 1 aromatic rings. The van der Waals surface area contributed by atoms with Crippen LogP contribution in [0.3, 0.4) is 0 Å². The number of halogens is 1. The Morgan fingerprint density at radius 3 is 2.75 bits per heavy atom. The minimum Gasteiger partial charge on any atom is -0.357 e. The van der Waals surface area contributed by atoms with E-state index in [0.717, 1.165) is 49.2 Å². The number of benzene rings is 1. The molecule has 0 bridgehead atoms. The summed E-state index contributed by atoms with van der Waals surface area (Å²) in [6.45, 7) is 4.98. The Kier molecular flexibility index (Phi) is 8.08. The van der Waals surface area contributed by atoms with Crippen molar-refractivity contribution in [3.63, 3.8) is 0 Å². The van der Waals surface area contributed by atoms with Gasteiger partial charge in [-0.05, 0) is 50.3 Å². The van der Waals surface area contributed by atoms with Crippen molar-refractivity contribution in [2.24, 2.45) is 10.9 Å². The molecule has 5 nitrogen and oxygen atoms in total. The Morgan fingerprint density at radius 1 is 1.25 bits per heavy atom. The van der Waals surface area contributed by atoms with Gasteiger partial charge in [0, 0.05) is 36.6 Å². The van der Waals surface area contributed by atoms with Gasteiger partial charge in [-0.25, -0.2) is 0 Å². The molecule has 1 aliphatic rings. The highest BCUT2D eigenvalue weighted by molar-refractivity contribution is 9.10. The molecule has 6 heteroatoms. The Morgan fingerprint density at radius 2 is 2.04 bits per heavy atom. The normalized spacial score (nSPS) is 14.3. The van der Waals surface area contributed by atoms with Gasteiger partial charge < -0.3 is 16.0 Å². The Labute approximate surface area is 152 Å². The zero-order chi connectivity index (χ0) is 17.2. The van der Waals surface area contributed by atoms with Crippen molar-refractivity contribution >= 4 is 27.8 Å². The number of hydrogen-bond acceptors (Lipinski definition) is 2. The summed E-state index contributed by atoms with van der Waals surface area (Å²) in [4.78, 5) is 16.1. The fourth-order valence-electron chi connectivity index (χ4n) is 2.36. The second kappa shape index (κ2) is 10.3. The van der Waals surface area contributed by atoms with Crippen molar-refractivity contribution in [3.05, 3.63) is 34.3 Å². The van der Waals surface area contributed by atoms with Gasteiger partial charge in [0.1, 0.15) is 0 Å². The molecule has 1 saturated carbocycles. The number of amides is 1. The lowest BCUT2D eigenvalue weighted by Gasteiger charge is -2.11. The van der Waals surface area contributed by atoms with Crippen molar-refractivity contribution in [3.8, 4) is 0 Å². The van der Waals surface area contributed by atoms with Crippen molar-refractivity contribution < 1.29 is 4.79 Å². The zero-order valence-electron chi connectivity index (χ0n) is 14.3. The Bertz CT molecular complexity index is 558. The topological polar surface area (TPSA) is 65.5 Å². The van der Waals surface area contributed by atoms with Crippen LogP contribution in [0.4, 0.5) is 0 Å². The monoisotopic (exact) mass is 394 g/mol. The number of nitrogens with zero attached hydrogens (tertiary/aromatic N) is 1. The average molecular weight is 395 g/mol. The van der Waals surface area contributed by atoms with E-state index in [0.29, 0.717) is 13.1 Å². The van der Waals surface area contributed by atoms with Crippen LogP contribution in [0.15, 0.2) is 33.7 Å². The molecule has 1 aliphatic carbocycles. The Hall–Kier alpha value is -1.56. The fraction of sp³-hybridized carbons (Fsp3) is 0.556. The smallest absolute Gasteiger partial charge is 0.223 e. The third-order valence-electron chi connectivity index (χ3n) is 3.79. The molecule has 1 fully saturated rings. The summed E-state index contributed by atoms with van der Waals surface area (Å²) in [5.41, 5.74) is 1.32. The number of carbonyl (C=O) groups is 1. The standard InChI is InChI=1S/C18H27BrN4O/c1-2-20-18(23-12-11-21-17(24)15-8-9-15)22-10-4-6-14-5-3-7-16(19)13-14/h3,5,7,13,15H,2,4,6,8-12H2,1H3,(H,21,24)(H2,20,22,23). The van der Waals surface area contributed by atoms with E-state index in [-0.39, 0.29) is 11.8 Å². The van der Waals surface area contributed by atoms with Gasteiger partial charge in [0.25, 0.3) is 0 Å². The minimum absolute atomic E-state index is 0.188. The maximum atomic E-state index is 11.6. The molecule has 1 aromatic carbocycles. The van der Waals surface area contributed by atoms with Gasteiger partial charge >= 0.3 is 0 Å². The van der Waals surface area contributed by atoms with Gasteiger partial charge in [0.05, 0.1) is 0 Å². The van der Waals surface area contributed by atoms with E-state index in [4.69, 9.17) is 0 Å². The zero-order valence-corrected chi connectivity index (χ0v) is 15.9. The quantitative estimate of drug-likeness (QED) is 0.342. The van der Waals surface area contributed by atoms with E-state index >= 15 is 0 Å². The summed E-state index contributed by atoms with van der Waals surface area (Å²) < 4.78 is 1.12. The SMILES string of the molecule is CCNC(=NCCCc1cccc(Br)c1)NCCNC(=O)C1CC1. The number of carbonyl (C=O) groups excluding carboxylic acids is 1. The highest BCUT2D eigenvalue weighted by Crippen LogP contribution is 2.28. The first-order chi connectivity index (χ1) is 11.7. The van der Waals surface area contributed by atoms with E-state index in [1.54, 1.807) is 0 Å². The fourth-order valence-corrected chi connectivity index (χ4v) is 2.81. The molecular weight excluding hydrogens is 368 g/mol. The third kappa shape index (κ3) is 7.34. The molecule has 1 amide bonds. The Balaban J connectivity index is 1.64. The van der Waals surface area contributed by atoms with E-state index in [9.17, 15) is 4.79 Å². The molecule has 0 atom stereocenters. The third-order valence-corrected chi connectivity index (χ3v) is 4.28. The first-order valence-electron chi connectivity index (χ1n) is 8.73. The van der Waals surface area contributed by atoms with Crippen LogP contribution in [0, 0.1) is 5.92 Å². The van der Waals surface area contributed by atoms with Gasteiger partial charge in [-0.1, -0.05) is 28.1 Å². The van der Waals surface area contributed by atoms with Crippen LogP contribution in [0.5, 0.6) is 0 Å². The van der Waals surface area contributed by atoms with E-state index in [1.807, 2.05) is 13.0 Å². The molecule has 0 aliphatic heterocycles. The number of guanidine groups is 1. The lowest BCUT2D eigenvalue weighted by atomic mass is 10.1. The van der Waals surface area contributed by atoms with Crippen molar-refractivity contribution in [1.29, 1.82) is 0 Å². The van der Waals surface area contributed by atoms with Gasteiger partial charge in [-0.15, -0.1) is 0 Å². The van der Waals surface area contributed by atoms with Crippen LogP contribution in [0.1, 0.15) is 31.7 Å². The maximum Gasteiger partial charge on any atom is 0.223 e. The van der Waals surface area contributed by atoms with Crippen LogP contribution in [0.25, 0.3) is 0 Å². The molecule has 0 spiro atoms. The molecule has 0 heterocycles. The number of rotatable bonds is 9. The summed E-state index contributed by atoms with van der Waals surface area (Å²) in [6, 6.07) is 8.39. The van der Waals surface area contributed by atoms with Crippen molar-refractivity contribution in [1.82, 2.24) is 16.0 Å². The van der Waals surface area contributed by atoms with Crippen LogP contribution in [0.2, 0.25) is 0 Å². The predicted molar refractivity (Wildman–Crippen MR) is 102 cm³/mol. The molecule has 2 rings (SSSR count). The summed E-state index contributed by atoms with van der Waals surface area (Å²) in [5.74, 6) is 1.27. The predicted octanol–water partition coefficient (Wildman–Crippen LogP) is 2.46. The second-order valence-electron chi connectivity index (χ2n) is 5.99. The maximum absolute atomic E-state index is 11.6. The second-order valence-corrected chi connectivity index (χ2v) is 6.90. The number of aliphatic imine (C=N–C) groups is 1. The average Bonchev–Trinajstić information content (AvgIpc) is 3.40. The van der Waals surface area contributed by atoms with Gasteiger partial charge in [0.15, 0.2) is 5.96 Å². The number of aryl methyl sites for hydroxylation is 1. The highest BCUT2D eigenvalue weighted by atomic mass is 79.9. The number of nitrogens with one attached hydrogen (secondary N) is 3. The summed E-state index contributed by atoms with van der Waals surface area (Å²) >= 11 is 3.50. The molecule has 0 aromatic heterocycles. The highest BCUT2D eigenvalue weighted by Gasteiger charge is 2.28. The van der Waals surface area contributed by atoms with Gasteiger partial charge in [-0.2, -0.15) is 0 Å². The lowest BCUT2D eigenvalue weighted by Crippen LogP contribution is -2.41. The minimum atomic E-state index is 0.188. The molecule has 0 unspecified atom stereocenters. The summed E-state index contributed by atoms with van der Waals surface area (Å²) in [5, 5.41) is 9.44. The van der Waals surface area contributed by atoms with Crippen LogP contribution in [-0.4, -0.2) is 38.0 Å². The van der Waals surface area contributed by atoms with Crippen LogP contribution >= 0.6 is 15.9 Å². The largest absolute Gasteiger partial charge is 0.357 e. The van der Waals surface area contributed by atoms with E-state index < -0.39 is 0 Å². The lowest BCUT2D eigenvalue weighted by molar-refractivity contribution is -0.122. The van der Waals surface area contributed by atoms with E-state index in [1.165, 1.54) is 5.56 Å². The van der Waals surface area contributed by atoms with Gasteiger partial charge in [0.2, 0.25) is 5.91 Å². The molecular formula is C18H27BrN4O. The van der Waals surface area contributed by atoms with Crippen molar-refractivity contribution in [2.75, 3.05) is 26.2 Å². The first-order valence-corrected chi connectivity index (χ1v) is 9.52. The first kappa shape index (κ1) is 18.8. The molecule has 0 radical (unpaired) electrons. The van der Waals surface area contributed by atoms with Crippen LogP contribution < -0.4 is 16.0 Å². The van der Waals surface area contributed by atoms with E-state index in [2.05, 4.69) is 55.1 Å². The molecule has 24 heavy (non-hydrogen) atoms. The molecule has 132 valence electrons. The van der Waals surface area contributed by atoms with Crippen LogP contribution in [-0.2, 0) is 11.2 Å². The summed E-state index contributed by atoms with van der Waals surface area (Å²) in [6.07, 6.45) is 4.11. The molecule has 0 saturated heterocycles.